The van der Waals surface area contributed by atoms with Gasteiger partial charge in [-0.25, -0.2) is 0 Å². The number of hydrogen-bond donors (Lipinski definition) is 2. The van der Waals surface area contributed by atoms with Crippen LogP contribution in [0.15, 0.2) is 18.2 Å². The molecule has 0 saturated heterocycles. The number of carbonyl (C=O) groups excluding carboxylic acids is 1. The molecule has 0 aliphatic carbocycles. The van der Waals surface area contributed by atoms with Crippen molar-refractivity contribution in [1.82, 2.24) is 10.2 Å². The molecule has 25 heavy (non-hydrogen) atoms. The largest absolute Gasteiger partial charge is 0.490 e. The molecule has 140 valence electrons. The number of likely N-dealkylation sites (N-methyl/N-ethyl adjacent to an activating group) is 1. The smallest absolute Gasteiger partial charge is 0.290 e. The number of rotatable bonds is 7. The number of benzene rings is 1. The van der Waals surface area contributed by atoms with E-state index in [1.807, 2.05) is 30.1 Å². The molecule has 0 aromatic heterocycles. The standard InChI is InChI=1S/C16H24N2O4.CH2O2/c1-18(6-9-20-2)12-16(19)17-11-13-4-5-14-15(10-13)22-8-3-7-21-14;2-1-3/h4-5,10H,3,6-9,11-12H2,1-2H3,(H,17,19);1H,(H,2,3). The van der Waals surface area contributed by atoms with E-state index in [0.29, 0.717) is 32.9 Å². The van der Waals surface area contributed by atoms with Crippen molar-refractivity contribution in [1.29, 1.82) is 0 Å². The number of amides is 1. The minimum Gasteiger partial charge on any atom is -0.490 e. The fourth-order valence-corrected chi connectivity index (χ4v) is 2.15. The number of ether oxygens (including phenoxy) is 3. The lowest BCUT2D eigenvalue weighted by Crippen LogP contribution is -2.36. The minimum atomic E-state index is -0.250. The molecule has 2 rings (SSSR count). The Kier molecular flexibility index (Phi) is 10.0. The summed E-state index contributed by atoms with van der Waals surface area (Å²) in [5.41, 5.74) is 0.997. The van der Waals surface area contributed by atoms with Gasteiger partial charge in [0.05, 0.1) is 26.4 Å². The molecular formula is C17H26N2O6. The highest BCUT2D eigenvalue weighted by Gasteiger charge is 2.11. The van der Waals surface area contributed by atoms with Crippen LogP contribution in [0.25, 0.3) is 0 Å². The molecular weight excluding hydrogens is 328 g/mol. The van der Waals surface area contributed by atoms with Crippen molar-refractivity contribution in [2.24, 2.45) is 0 Å². The summed E-state index contributed by atoms with van der Waals surface area (Å²) in [5, 5.41) is 9.80. The lowest BCUT2D eigenvalue weighted by Gasteiger charge is -2.16. The van der Waals surface area contributed by atoms with E-state index in [1.165, 1.54) is 0 Å². The number of hydrogen-bond acceptors (Lipinski definition) is 6. The highest BCUT2D eigenvalue weighted by molar-refractivity contribution is 5.78. The van der Waals surface area contributed by atoms with E-state index >= 15 is 0 Å². The first kappa shape index (κ1) is 20.7. The Morgan fingerprint density at radius 1 is 1.36 bits per heavy atom. The first-order valence-corrected chi connectivity index (χ1v) is 8.01. The summed E-state index contributed by atoms with van der Waals surface area (Å²) in [6, 6.07) is 5.77. The third kappa shape index (κ3) is 8.37. The van der Waals surface area contributed by atoms with Gasteiger partial charge in [0.25, 0.3) is 6.47 Å². The van der Waals surface area contributed by atoms with Crippen LogP contribution in [0.3, 0.4) is 0 Å². The summed E-state index contributed by atoms with van der Waals surface area (Å²) in [7, 11) is 3.55. The first-order valence-electron chi connectivity index (χ1n) is 8.01. The summed E-state index contributed by atoms with van der Waals surface area (Å²) in [5.74, 6) is 1.51. The normalized spacial score (nSPS) is 12.6. The summed E-state index contributed by atoms with van der Waals surface area (Å²) in [6.07, 6.45) is 0.883. The Morgan fingerprint density at radius 3 is 2.72 bits per heavy atom. The van der Waals surface area contributed by atoms with E-state index in [0.717, 1.165) is 30.0 Å². The SMILES string of the molecule is COCCN(C)CC(=O)NCc1ccc2c(c1)OCCCO2.O=CO. The van der Waals surface area contributed by atoms with Crippen LogP contribution in [0.1, 0.15) is 12.0 Å². The second-order valence-electron chi connectivity index (χ2n) is 5.44. The van der Waals surface area contributed by atoms with Crippen molar-refractivity contribution in [3.63, 3.8) is 0 Å². The zero-order chi connectivity index (χ0) is 18.5. The number of carbonyl (C=O) groups is 2. The Morgan fingerprint density at radius 2 is 2.04 bits per heavy atom. The maximum absolute atomic E-state index is 11.9. The molecule has 0 spiro atoms. The quantitative estimate of drug-likeness (QED) is 0.697. The Bertz CT molecular complexity index is 538. The topological polar surface area (TPSA) is 97.3 Å². The van der Waals surface area contributed by atoms with E-state index in [2.05, 4.69) is 5.32 Å². The van der Waals surface area contributed by atoms with Gasteiger partial charge < -0.3 is 24.6 Å². The van der Waals surface area contributed by atoms with Gasteiger partial charge in [-0.3, -0.25) is 14.5 Å². The maximum Gasteiger partial charge on any atom is 0.290 e. The van der Waals surface area contributed by atoms with E-state index in [-0.39, 0.29) is 12.4 Å². The van der Waals surface area contributed by atoms with E-state index < -0.39 is 0 Å². The third-order valence-electron chi connectivity index (χ3n) is 3.39. The fourth-order valence-electron chi connectivity index (χ4n) is 2.15. The Hall–Kier alpha value is -2.32. The highest BCUT2D eigenvalue weighted by Crippen LogP contribution is 2.30. The molecule has 0 radical (unpaired) electrons. The summed E-state index contributed by atoms with van der Waals surface area (Å²) < 4.78 is 16.2. The first-order chi connectivity index (χ1) is 12.1. The van der Waals surface area contributed by atoms with Crippen LogP contribution in [0, 0.1) is 0 Å². The van der Waals surface area contributed by atoms with Crippen LogP contribution in [0.4, 0.5) is 0 Å². The van der Waals surface area contributed by atoms with Crippen molar-refractivity contribution in [3.05, 3.63) is 23.8 Å². The third-order valence-corrected chi connectivity index (χ3v) is 3.39. The molecule has 8 heteroatoms. The highest BCUT2D eigenvalue weighted by atomic mass is 16.5. The van der Waals surface area contributed by atoms with Crippen LogP contribution in [-0.4, -0.2) is 69.5 Å². The molecule has 1 aromatic rings. The van der Waals surface area contributed by atoms with Crippen LogP contribution in [0.5, 0.6) is 11.5 Å². The van der Waals surface area contributed by atoms with Gasteiger partial charge in [0.15, 0.2) is 11.5 Å². The number of nitrogens with zero attached hydrogens (tertiary/aromatic N) is 1. The molecule has 1 aromatic carbocycles. The van der Waals surface area contributed by atoms with E-state index in [9.17, 15) is 4.79 Å². The Labute approximate surface area is 147 Å². The molecule has 1 amide bonds. The zero-order valence-electron chi connectivity index (χ0n) is 14.7. The van der Waals surface area contributed by atoms with Crippen molar-refractivity contribution < 1.29 is 28.9 Å². The second-order valence-corrected chi connectivity index (χ2v) is 5.44. The number of methoxy groups -OCH3 is 1. The molecule has 0 atom stereocenters. The minimum absolute atomic E-state index is 0.00860. The average molecular weight is 354 g/mol. The zero-order valence-corrected chi connectivity index (χ0v) is 14.7. The molecule has 0 unspecified atom stereocenters. The molecule has 2 N–H and O–H groups in total. The molecule has 8 nitrogen and oxygen atoms in total. The molecule has 0 bridgehead atoms. The molecule has 0 fully saturated rings. The van der Waals surface area contributed by atoms with Crippen molar-refractivity contribution in [2.75, 3.05) is 47.1 Å². The monoisotopic (exact) mass is 354 g/mol. The molecule has 1 aliphatic heterocycles. The average Bonchev–Trinajstić information content (AvgIpc) is 2.83. The second kappa shape index (κ2) is 12.1. The van der Waals surface area contributed by atoms with Gasteiger partial charge in [-0.15, -0.1) is 0 Å². The van der Waals surface area contributed by atoms with Gasteiger partial charge in [-0.2, -0.15) is 0 Å². The maximum atomic E-state index is 11.9. The lowest BCUT2D eigenvalue weighted by atomic mass is 10.2. The number of nitrogens with one attached hydrogen (secondary N) is 1. The van der Waals surface area contributed by atoms with Gasteiger partial charge in [0.2, 0.25) is 5.91 Å². The summed E-state index contributed by atoms with van der Waals surface area (Å²) in [4.78, 5) is 22.2. The predicted molar refractivity (Wildman–Crippen MR) is 92.0 cm³/mol. The number of carboxylic acid groups (broad SMARTS) is 1. The lowest BCUT2D eigenvalue weighted by molar-refractivity contribution is -0.123. The fraction of sp³-hybridized carbons (Fsp3) is 0.529. The van der Waals surface area contributed by atoms with Gasteiger partial charge in [0, 0.05) is 26.6 Å². The molecule has 0 saturated carbocycles. The summed E-state index contributed by atoms with van der Waals surface area (Å²) >= 11 is 0. The molecule has 1 aliphatic rings. The van der Waals surface area contributed by atoms with Gasteiger partial charge in [-0.05, 0) is 24.7 Å². The van der Waals surface area contributed by atoms with Crippen LogP contribution in [-0.2, 0) is 20.9 Å². The van der Waals surface area contributed by atoms with Gasteiger partial charge in [-0.1, -0.05) is 6.07 Å². The van der Waals surface area contributed by atoms with Crippen LogP contribution in [0.2, 0.25) is 0 Å². The van der Waals surface area contributed by atoms with Crippen LogP contribution < -0.4 is 14.8 Å². The molecule has 1 heterocycles. The van der Waals surface area contributed by atoms with Gasteiger partial charge in [0.1, 0.15) is 0 Å². The summed E-state index contributed by atoms with van der Waals surface area (Å²) in [6.45, 7) is 3.27. The predicted octanol–water partition coefficient (Wildman–Crippen LogP) is 0.743. The van der Waals surface area contributed by atoms with Crippen molar-refractivity contribution in [2.45, 2.75) is 13.0 Å². The number of fused-ring (bicyclic) bond motifs is 1. The van der Waals surface area contributed by atoms with Gasteiger partial charge >= 0.3 is 0 Å². The van der Waals surface area contributed by atoms with Crippen LogP contribution >= 0.6 is 0 Å². The van der Waals surface area contributed by atoms with E-state index in [1.54, 1.807) is 7.11 Å². The van der Waals surface area contributed by atoms with E-state index in [4.69, 9.17) is 24.1 Å². The Balaban J connectivity index is 0.000000970. The van der Waals surface area contributed by atoms with Crippen molar-refractivity contribution >= 4 is 12.4 Å². The van der Waals surface area contributed by atoms with Crippen molar-refractivity contribution in [3.8, 4) is 11.5 Å².